The van der Waals surface area contributed by atoms with Gasteiger partial charge in [0.25, 0.3) is 5.69 Å². The van der Waals surface area contributed by atoms with Gasteiger partial charge in [0.05, 0.1) is 17.2 Å². The summed E-state index contributed by atoms with van der Waals surface area (Å²) < 4.78 is 0. The molecule has 0 aromatic heterocycles. The van der Waals surface area contributed by atoms with Gasteiger partial charge in [-0.2, -0.15) is 5.11 Å². The molecule has 6 nitrogen and oxygen atoms in total. The van der Waals surface area contributed by atoms with Crippen LogP contribution in [0.25, 0.3) is 0 Å². The summed E-state index contributed by atoms with van der Waals surface area (Å²) in [5.41, 5.74) is 5.09. The smallest absolute Gasteiger partial charge is 0.260 e. The van der Waals surface area contributed by atoms with E-state index in [0.717, 1.165) is 16.3 Å². The summed E-state index contributed by atoms with van der Waals surface area (Å²) in [4.78, 5) is 11.1. The summed E-state index contributed by atoms with van der Waals surface area (Å²) in [6.07, 6.45) is 0. The highest BCUT2D eigenvalue weighted by molar-refractivity contribution is 8.76. The molecule has 0 aliphatic rings. The first kappa shape index (κ1) is 17.3. The van der Waals surface area contributed by atoms with Crippen molar-refractivity contribution < 1.29 is 4.92 Å². The Kier molecular flexibility index (Phi) is 6.89. The van der Waals surface area contributed by atoms with E-state index in [2.05, 4.69) is 15.8 Å². The summed E-state index contributed by atoms with van der Waals surface area (Å²) in [5.74, 6) is 0.806. The number of anilines is 1. The Balaban J connectivity index is 1.62. The largest absolute Gasteiger partial charge is 0.269 e. The van der Waals surface area contributed by atoms with E-state index >= 15 is 0 Å². The second-order valence-electron chi connectivity index (χ2n) is 4.60. The highest BCUT2D eigenvalue weighted by Gasteiger charge is 2.03. The molecule has 2 aromatic rings. The zero-order chi connectivity index (χ0) is 16.5. The molecule has 0 fully saturated rings. The number of aryl methyl sites for hydroxylation is 1. The number of nitrogens with one attached hydrogen (secondary N) is 1. The van der Waals surface area contributed by atoms with E-state index in [-0.39, 0.29) is 5.69 Å². The summed E-state index contributed by atoms with van der Waals surface area (Å²) in [6, 6.07) is 14.4. The van der Waals surface area contributed by atoms with Crippen molar-refractivity contribution in [1.82, 2.24) is 0 Å². The van der Waals surface area contributed by atoms with Crippen molar-refractivity contribution in [2.75, 3.05) is 17.7 Å². The van der Waals surface area contributed by atoms with Gasteiger partial charge < -0.3 is 0 Å². The lowest BCUT2D eigenvalue weighted by Crippen LogP contribution is -1.89. The molecule has 0 saturated heterocycles. The molecule has 2 aromatic carbocycles. The lowest BCUT2D eigenvalue weighted by molar-refractivity contribution is -0.384. The van der Waals surface area contributed by atoms with Crippen LogP contribution in [0.2, 0.25) is 0 Å². The van der Waals surface area contributed by atoms with Crippen LogP contribution in [-0.2, 0) is 0 Å². The fourth-order valence-corrected chi connectivity index (χ4v) is 3.42. The quantitative estimate of drug-likeness (QED) is 0.235. The number of nitro groups is 1. The van der Waals surface area contributed by atoms with Gasteiger partial charge in [-0.1, -0.05) is 44.5 Å². The lowest BCUT2D eigenvalue weighted by atomic mass is 10.2. The maximum Gasteiger partial charge on any atom is 0.269 e. The summed E-state index contributed by atoms with van der Waals surface area (Å²) >= 11 is 0. The normalized spacial score (nSPS) is 10.8. The summed E-state index contributed by atoms with van der Waals surface area (Å²) in [7, 11) is 3.20. The zero-order valence-electron chi connectivity index (χ0n) is 12.5. The number of benzene rings is 2. The van der Waals surface area contributed by atoms with Crippen LogP contribution in [0, 0.1) is 17.0 Å². The Bertz CT molecular complexity index is 660. The van der Waals surface area contributed by atoms with Crippen molar-refractivity contribution in [2.45, 2.75) is 11.8 Å². The number of nitrogens with zero attached hydrogens (tertiary/aromatic N) is 3. The Labute approximate surface area is 142 Å². The molecule has 0 unspecified atom stereocenters. The van der Waals surface area contributed by atoms with Crippen molar-refractivity contribution >= 4 is 33.0 Å². The molecule has 8 heteroatoms. The van der Waals surface area contributed by atoms with Crippen molar-refractivity contribution in [3.8, 4) is 0 Å². The topological polar surface area (TPSA) is 79.9 Å². The van der Waals surface area contributed by atoms with Gasteiger partial charge in [0.1, 0.15) is 0 Å². The first-order chi connectivity index (χ1) is 11.1. The predicted molar refractivity (Wildman–Crippen MR) is 95.9 cm³/mol. The summed E-state index contributed by atoms with van der Waals surface area (Å²) in [5, 5.41) is 18.5. The SMILES string of the molecule is Cc1ccc(NN=NCCSSc2ccc([N+](=O)[O-])cc2)cc1. The van der Waals surface area contributed by atoms with Crippen LogP contribution in [0.4, 0.5) is 11.4 Å². The molecule has 0 aliphatic heterocycles. The van der Waals surface area contributed by atoms with Crippen LogP contribution in [0.1, 0.15) is 5.56 Å². The second-order valence-corrected chi connectivity index (χ2v) is 7.09. The van der Waals surface area contributed by atoms with E-state index in [1.165, 1.54) is 17.7 Å². The Morgan fingerprint density at radius 2 is 1.83 bits per heavy atom. The van der Waals surface area contributed by atoms with Gasteiger partial charge in [0.15, 0.2) is 0 Å². The van der Waals surface area contributed by atoms with Crippen LogP contribution in [0.3, 0.4) is 0 Å². The van der Waals surface area contributed by atoms with E-state index in [1.54, 1.807) is 33.7 Å². The minimum Gasteiger partial charge on any atom is -0.260 e. The van der Waals surface area contributed by atoms with Crippen LogP contribution >= 0.6 is 21.6 Å². The first-order valence-electron chi connectivity index (χ1n) is 6.88. The molecule has 0 heterocycles. The average molecular weight is 348 g/mol. The standard InChI is InChI=1S/C15H16N4O2S2/c1-12-2-4-13(5-3-12)17-18-16-10-11-22-23-15-8-6-14(7-9-15)19(20)21/h2-9H,10-11H2,1H3,(H,16,17). The maximum absolute atomic E-state index is 10.6. The van der Waals surface area contributed by atoms with Gasteiger partial charge in [-0.3, -0.25) is 15.5 Å². The minimum absolute atomic E-state index is 0.107. The molecule has 0 radical (unpaired) electrons. The van der Waals surface area contributed by atoms with Crippen LogP contribution in [-0.4, -0.2) is 17.2 Å². The lowest BCUT2D eigenvalue weighted by Gasteiger charge is -2.00. The molecule has 1 N–H and O–H groups in total. The van der Waals surface area contributed by atoms with Crippen LogP contribution < -0.4 is 5.43 Å². The van der Waals surface area contributed by atoms with Crippen LogP contribution in [0.15, 0.2) is 63.8 Å². The van der Waals surface area contributed by atoms with Crippen molar-refractivity contribution in [2.24, 2.45) is 10.3 Å². The number of hydrogen-bond donors (Lipinski definition) is 1. The van der Waals surface area contributed by atoms with Gasteiger partial charge in [0, 0.05) is 22.8 Å². The number of rotatable bonds is 8. The molecule has 0 atom stereocenters. The number of non-ortho nitro benzene ring substituents is 1. The predicted octanol–water partition coefficient (Wildman–Crippen LogP) is 5.12. The van der Waals surface area contributed by atoms with Crippen molar-refractivity contribution in [3.63, 3.8) is 0 Å². The minimum atomic E-state index is -0.400. The Morgan fingerprint density at radius 3 is 2.48 bits per heavy atom. The zero-order valence-corrected chi connectivity index (χ0v) is 14.1. The Morgan fingerprint density at radius 1 is 1.13 bits per heavy atom. The second kappa shape index (κ2) is 9.16. The van der Waals surface area contributed by atoms with Gasteiger partial charge >= 0.3 is 0 Å². The average Bonchev–Trinajstić information content (AvgIpc) is 2.56. The highest BCUT2D eigenvalue weighted by atomic mass is 33.1. The third kappa shape index (κ3) is 6.29. The van der Waals surface area contributed by atoms with E-state index in [4.69, 9.17) is 0 Å². The van der Waals surface area contributed by atoms with E-state index in [0.29, 0.717) is 6.54 Å². The van der Waals surface area contributed by atoms with Crippen molar-refractivity contribution in [1.29, 1.82) is 0 Å². The molecule has 23 heavy (non-hydrogen) atoms. The molecular formula is C15H16N4O2S2. The van der Waals surface area contributed by atoms with E-state index in [1.807, 2.05) is 31.2 Å². The van der Waals surface area contributed by atoms with Crippen molar-refractivity contribution in [3.05, 3.63) is 64.2 Å². The van der Waals surface area contributed by atoms with Gasteiger partial charge in [-0.05, 0) is 31.2 Å². The molecule has 2 rings (SSSR count). The monoisotopic (exact) mass is 348 g/mol. The van der Waals surface area contributed by atoms with Gasteiger partial charge in [-0.25, -0.2) is 0 Å². The first-order valence-corrected chi connectivity index (χ1v) is 9.20. The molecule has 0 spiro atoms. The molecule has 0 bridgehead atoms. The molecule has 0 amide bonds. The third-order valence-electron chi connectivity index (χ3n) is 2.78. The number of hydrogen-bond acceptors (Lipinski definition) is 6. The van der Waals surface area contributed by atoms with Gasteiger partial charge in [0.2, 0.25) is 0 Å². The molecular weight excluding hydrogens is 332 g/mol. The molecule has 0 saturated carbocycles. The van der Waals surface area contributed by atoms with E-state index < -0.39 is 4.92 Å². The van der Waals surface area contributed by atoms with Crippen LogP contribution in [0.5, 0.6) is 0 Å². The maximum atomic E-state index is 10.6. The fraction of sp³-hybridized carbons (Fsp3) is 0.200. The van der Waals surface area contributed by atoms with Gasteiger partial charge in [-0.15, -0.1) is 0 Å². The Hall–Kier alpha value is -2.06. The highest BCUT2D eigenvalue weighted by Crippen LogP contribution is 2.31. The third-order valence-corrected chi connectivity index (χ3v) is 5.14. The molecule has 0 aliphatic carbocycles. The van der Waals surface area contributed by atoms with E-state index in [9.17, 15) is 10.1 Å². The molecule has 120 valence electrons. The fourth-order valence-electron chi connectivity index (χ4n) is 1.58. The number of nitro benzene ring substituents is 1. The summed E-state index contributed by atoms with van der Waals surface area (Å²) in [6.45, 7) is 2.63.